The van der Waals surface area contributed by atoms with Crippen LogP contribution in [0.4, 0.5) is 0 Å². The van der Waals surface area contributed by atoms with Gasteiger partial charge in [-0.2, -0.15) is 0 Å². The van der Waals surface area contributed by atoms with Crippen molar-refractivity contribution in [2.45, 2.75) is 43.4 Å². The summed E-state index contributed by atoms with van der Waals surface area (Å²) in [6.45, 7) is 6.35. The Kier molecular flexibility index (Phi) is 3.91. The summed E-state index contributed by atoms with van der Waals surface area (Å²) >= 11 is 3.65. The van der Waals surface area contributed by atoms with E-state index < -0.39 is 0 Å². The highest BCUT2D eigenvalue weighted by Crippen LogP contribution is 2.62. The van der Waals surface area contributed by atoms with Gasteiger partial charge in [0.15, 0.2) is 5.78 Å². The largest absolute Gasteiger partial charge is 0.497 e. The molecule has 0 N–H and O–H groups in total. The number of methoxy groups -OCH3 is 1. The van der Waals surface area contributed by atoms with Crippen LogP contribution >= 0.6 is 15.9 Å². The summed E-state index contributed by atoms with van der Waals surface area (Å²) in [6, 6.07) is 6.55. The second-order valence-corrected chi connectivity index (χ2v) is 9.09. The van der Waals surface area contributed by atoms with Crippen molar-refractivity contribution in [3.8, 4) is 5.75 Å². The van der Waals surface area contributed by atoms with Crippen molar-refractivity contribution in [3.05, 3.63) is 42.0 Å². The summed E-state index contributed by atoms with van der Waals surface area (Å²) in [5.41, 5.74) is 2.73. The highest BCUT2D eigenvalue weighted by molar-refractivity contribution is 9.10. The van der Waals surface area contributed by atoms with E-state index in [0.29, 0.717) is 29.5 Å². The SMILES string of the molecule is C=C[C@@H]1Cc2cc(OC)ccc2[C@H]2CC[C@]3(C)C(=O)[C@@H](Br)C[C@H]3[C@H]12. The van der Waals surface area contributed by atoms with E-state index in [1.165, 1.54) is 11.1 Å². The van der Waals surface area contributed by atoms with Crippen LogP contribution in [0.25, 0.3) is 0 Å². The number of Topliss-reactive ketones (excluding diaryl/α,β-unsaturated/α-hetero) is 1. The first kappa shape index (κ1) is 16.4. The molecule has 0 heterocycles. The molecule has 0 aliphatic heterocycles. The Hall–Kier alpha value is -1.09. The molecule has 0 amide bonds. The number of hydrogen-bond donors (Lipinski definition) is 0. The Balaban J connectivity index is 1.78. The van der Waals surface area contributed by atoms with Gasteiger partial charge in [-0.15, -0.1) is 6.58 Å². The first-order valence-corrected chi connectivity index (χ1v) is 9.89. The lowest BCUT2D eigenvalue weighted by molar-refractivity contribution is -0.129. The smallest absolute Gasteiger partial charge is 0.152 e. The van der Waals surface area contributed by atoms with Crippen LogP contribution < -0.4 is 4.74 Å². The summed E-state index contributed by atoms with van der Waals surface area (Å²) in [5, 5.41) is 0. The number of hydrogen-bond acceptors (Lipinski definition) is 2. The van der Waals surface area contributed by atoms with Gasteiger partial charge in [-0.3, -0.25) is 4.79 Å². The second-order valence-electron chi connectivity index (χ2n) is 7.98. The topological polar surface area (TPSA) is 26.3 Å². The number of halogens is 1. The number of fused-ring (bicyclic) bond motifs is 5. The fraction of sp³-hybridized carbons (Fsp3) is 0.571. The quantitative estimate of drug-likeness (QED) is 0.531. The van der Waals surface area contributed by atoms with Crippen molar-refractivity contribution >= 4 is 21.7 Å². The highest BCUT2D eigenvalue weighted by atomic mass is 79.9. The number of rotatable bonds is 2. The van der Waals surface area contributed by atoms with Gasteiger partial charge in [0, 0.05) is 5.41 Å². The second kappa shape index (κ2) is 5.72. The van der Waals surface area contributed by atoms with E-state index in [2.05, 4.69) is 53.7 Å². The van der Waals surface area contributed by atoms with E-state index in [1.54, 1.807) is 7.11 Å². The lowest BCUT2D eigenvalue weighted by Gasteiger charge is -2.51. The van der Waals surface area contributed by atoms with Crippen LogP contribution in [0.5, 0.6) is 5.75 Å². The normalized spacial score (nSPS) is 40.5. The van der Waals surface area contributed by atoms with Gasteiger partial charge in [0.25, 0.3) is 0 Å². The fourth-order valence-corrected chi connectivity index (χ4v) is 6.71. The summed E-state index contributed by atoms with van der Waals surface area (Å²) in [5.74, 6) is 3.36. The first-order chi connectivity index (χ1) is 11.5. The number of benzene rings is 1. The molecule has 3 aliphatic rings. The van der Waals surface area contributed by atoms with E-state index in [4.69, 9.17) is 4.74 Å². The van der Waals surface area contributed by atoms with Crippen LogP contribution in [0.2, 0.25) is 0 Å². The van der Waals surface area contributed by atoms with Crippen molar-refractivity contribution in [2.75, 3.05) is 7.11 Å². The molecule has 2 nitrogen and oxygen atoms in total. The van der Waals surface area contributed by atoms with Gasteiger partial charge in [-0.05, 0) is 72.6 Å². The predicted molar refractivity (Wildman–Crippen MR) is 99.8 cm³/mol. The van der Waals surface area contributed by atoms with Crippen LogP contribution in [0.15, 0.2) is 30.9 Å². The maximum atomic E-state index is 12.8. The van der Waals surface area contributed by atoms with E-state index in [1.807, 2.05) is 0 Å². The molecule has 0 spiro atoms. The monoisotopic (exact) mass is 388 g/mol. The zero-order valence-electron chi connectivity index (χ0n) is 14.4. The van der Waals surface area contributed by atoms with Crippen LogP contribution in [0, 0.1) is 23.2 Å². The summed E-state index contributed by atoms with van der Waals surface area (Å²) in [4.78, 5) is 12.8. The van der Waals surface area contributed by atoms with E-state index >= 15 is 0 Å². The molecule has 2 fully saturated rings. The minimum Gasteiger partial charge on any atom is -0.497 e. The Morgan fingerprint density at radius 2 is 2.21 bits per heavy atom. The van der Waals surface area contributed by atoms with Crippen LogP contribution in [-0.4, -0.2) is 17.7 Å². The highest BCUT2D eigenvalue weighted by Gasteiger charge is 2.59. The van der Waals surface area contributed by atoms with Crippen LogP contribution in [0.1, 0.15) is 43.2 Å². The lowest BCUT2D eigenvalue weighted by Crippen LogP contribution is -2.45. The van der Waals surface area contributed by atoms with Gasteiger partial charge in [-0.25, -0.2) is 0 Å². The van der Waals surface area contributed by atoms with E-state index in [0.717, 1.165) is 31.4 Å². The van der Waals surface area contributed by atoms with E-state index in [9.17, 15) is 4.79 Å². The Bertz CT molecular complexity index is 697. The fourth-order valence-electron chi connectivity index (χ4n) is 5.79. The molecule has 1 aromatic carbocycles. The van der Waals surface area contributed by atoms with Gasteiger partial charge in [-0.1, -0.05) is 35.0 Å². The van der Waals surface area contributed by atoms with Gasteiger partial charge >= 0.3 is 0 Å². The van der Waals surface area contributed by atoms with Crippen molar-refractivity contribution in [2.24, 2.45) is 23.2 Å². The molecule has 0 radical (unpaired) electrons. The zero-order chi connectivity index (χ0) is 17.1. The van der Waals surface area contributed by atoms with Gasteiger partial charge in [0.05, 0.1) is 11.9 Å². The molecule has 2 saturated carbocycles. The number of carbonyl (C=O) groups excluding carboxylic acids is 1. The maximum absolute atomic E-state index is 12.8. The minimum atomic E-state index is -0.152. The number of ketones is 1. The number of allylic oxidation sites excluding steroid dienone is 1. The number of ether oxygens (including phenoxy) is 1. The lowest BCUT2D eigenvalue weighted by atomic mass is 9.53. The Morgan fingerprint density at radius 3 is 2.92 bits per heavy atom. The van der Waals surface area contributed by atoms with Crippen molar-refractivity contribution in [1.29, 1.82) is 0 Å². The molecule has 6 atom stereocenters. The van der Waals surface area contributed by atoms with Gasteiger partial charge < -0.3 is 4.74 Å². The first-order valence-electron chi connectivity index (χ1n) is 8.97. The van der Waals surface area contributed by atoms with Gasteiger partial charge in [0.1, 0.15) is 5.75 Å². The molecule has 24 heavy (non-hydrogen) atoms. The third kappa shape index (κ3) is 2.16. The summed E-state index contributed by atoms with van der Waals surface area (Å²) in [6.07, 6.45) is 6.25. The maximum Gasteiger partial charge on any atom is 0.152 e. The molecule has 1 aromatic rings. The Morgan fingerprint density at radius 1 is 1.42 bits per heavy atom. The van der Waals surface area contributed by atoms with Crippen molar-refractivity contribution < 1.29 is 9.53 Å². The molecule has 0 saturated heterocycles. The third-order valence-corrected chi connectivity index (χ3v) is 7.82. The molecular weight excluding hydrogens is 364 g/mol. The van der Waals surface area contributed by atoms with Crippen molar-refractivity contribution in [1.82, 2.24) is 0 Å². The average molecular weight is 389 g/mol. The molecule has 4 rings (SSSR count). The molecular formula is C21H25BrO2. The summed E-state index contributed by atoms with van der Waals surface area (Å²) < 4.78 is 5.42. The van der Waals surface area contributed by atoms with Crippen molar-refractivity contribution in [3.63, 3.8) is 0 Å². The summed E-state index contributed by atoms with van der Waals surface area (Å²) in [7, 11) is 1.73. The average Bonchev–Trinajstić information content (AvgIpc) is 2.83. The van der Waals surface area contributed by atoms with Crippen LogP contribution in [0.3, 0.4) is 0 Å². The standard InChI is InChI=1S/C21H25BrO2/c1-4-12-9-13-10-14(24-3)5-6-15(13)16-7-8-21(2)17(19(12)16)11-18(22)20(21)23/h4-6,10,12,16-19H,1,7-9,11H2,2-3H3/t12-,16-,17+,18+,19-,21+/m1/s1. The molecule has 0 aromatic heterocycles. The number of carbonyl (C=O) groups is 1. The molecule has 3 aliphatic carbocycles. The van der Waals surface area contributed by atoms with Crippen LogP contribution in [-0.2, 0) is 11.2 Å². The molecule has 0 bridgehead atoms. The third-order valence-electron chi connectivity index (χ3n) is 7.03. The minimum absolute atomic E-state index is 0.0361. The van der Waals surface area contributed by atoms with E-state index in [-0.39, 0.29) is 10.2 Å². The Labute approximate surface area is 152 Å². The molecule has 3 heteroatoms. The molecule has 0 unspecified atom stereocenters. The number of alkyl halides is 1. The molecule has 128 valence electrons. The van der Waals surface area contributed by atoms with Gasteiger partial charge in [0.2, 0.25) is 0 Å². The zero-order valence-corrected chi connectivity index (χ0v) is 16.0. The predicted octanol–water partition coefficient (Wildman–Crippen LogP) is 4.91.